The van der Waals surface area contributed by atoms with E-state index in [1.165, 1.54) is 44.3 Å². The van der Waals surface area contributed by atoms with Crippen molar-refractivity contribution >= 4 is 5.97 Å². The first-order valence-corrected chi connectivity index (χ1v) is 9.33. The number of allylic oxidation sites excluding steroid dienone is 3. The summed E-state index contributed by atoms with van der Waals surface area (Å²) in [7, 11) is 0. The van der Waals surface area contributed by atoms with E-state index in [9.17, 15) is 9.90 Å². The van der Waals surface area contributed by atoms with Crippen LogP contribution in [0.25, 0.3) is 0 Å². The standard InChI is InChI=1S/C20H32N2O2/c1-4-8-17(20(23)24)15-19(16(3)5-2)22-13-9-18(10-14-22)21-11-6-7-12-21/h4,8,15,18H,5-7,9-14H2,1-3H3,(H,23,24)/b8-4-,17-15+,19-16-. The van der Waals surface area contributed by atoms with Gasteiger partial charge in [0.25, 0.3) is 0 Å². The number of carbonyl (C=O) groups is 1. The zero-order valence-corrected chi connectivity index (χ0v) is 15.4. The second-order valence-electron chi connectivity index (χ2n) is 6.89. The van der Waals surface area contributed by atoms with E-state index >= 15 is 0 Å². The summed E-state index contributed by atoms with van der Waals surface area (Å²) in [6.45, 7) is 10.7. The average molecular weight is 332 g/mol. The molecule has 2 saturated heterocycles. The van der Waals surface area contributed by atoms with Crippen LogP contribution in [0.15, 0.2) is 35.1 Å². The minimum absolute atomic E-state index is 0.363. The largest absolute Gasteiger partial charge is 0.478 e. The molecule has 0 saturated carbocycles. The van der Waals surface area contributed by atoms with E-state index in [-0.39, 0.29) is 0 Å². The predicted molar refractivity (Wildman–Crippen MR) is 98.9 cm³/mol. The maximum Gasteiger partial charge on any atom is 0.335 e. The van der Waals surface area contributed by atoms with E-state index < -0.39 is 5.97 Å². The molecule has 2 aliphatic rings. The van der Waals surface area contributed by atoms with Crippen molar-refractivity contribution in [1.29, 1.82) is 0 Å². The van der Waals surface area contributed by atoms with Gasteiger partial charge < -0.3 is 14.9 Å². The van der Waals surface area contributed by atoms with Crippen molar-refractivity contribution in [2.75, 3.05) is 26.2 Å². The lowest BCUT2D eigenvalue weighted by Crippen LogP contribution is -2.43. The minimum Gasteiger partial charge on any atom is -0.478 e. The summed E-state index contributed by atoms with van der Waals surface area (Å²) in [6, 6.07) is 0.713. The van der Waals surface area contributed by atoms with Crippen LogP contribution in [0.3, 0.4) is 0 Å². The van der Waals surface area contributed by atoms with Crippen LogP contribution in [0.1, 0.15) is 52.9 Å². The molecular weight excluding hydrogens is 300 g/mol. The first-order chi connectivity index (χ1) is 11.6. The van der Waals surface area contributed by atoms with Crippen molar-refractivity contribution in [2.24, 2.45) is 0 Å². The maximum atomic E-state index is 11.5. The molecule has 0 unspecified atom stereocenters. The van der Waals surface area contributed by atoms with Crippen LogP contribution in [-0.4, -0.2) is 53.1 Å². The first-order valence-electron chi connectivity index (χ1n) is 9.33. The molecule has 4 nitrogen and oxygen atoms in total. The average Bonchev–Trinajstić information content (AvgIpc) is 3.12. The fourth-order valence-corrected chi connectivity index (χ4v) is 3.75. The Kier molecular flexibility index (Phi) is 7.10. The van der Waals surface area contributed by atoms with Gasteiger partial charge in [-0.25, -0.2) is 4.79 Å². The topological polar surface area (TPSA) is 43.8 Å². The third-order valence-corrected chi connectivity index (χ3v) is 5.32. The van der Waals surface area contributed by atoms with Crippen LogP contribution in [0.4, 0.5) is 0 Å². The van der Waals surface area contributed by atoms with Crippen LogP contribution < -0.4 is 0 Å². The fraction of sp³-hybridized carbons (Fsp3) is 0.650. The summed E-state index contributed by atoms with van der Waals surface area (Å²) in [5.74, 6) is -0.860. The Labute approximate surface area is 146 Å². The van der Waals surface area contributed by atoms with E-state index in [2.05, 4.69) is 23.6 Å². The highest BCUT2D eigenvalue weighted by molar-refractivity contribution is 5.90. The molecule has 2 fully saturated rings. The number of piperidine rings is 1. The second kappa shape index (κ2) is 9.07. The Hall–Kier alpha value is -1.55. The highest BCUT2D eigenvalue weighted by atomic mass is 16.4. The van der Waals surface area contributed by atoms with Gasteiger partial charge in [0.05, 0.1) is 5.57 Å². The Morgan fingerprint density at radius 2 is 1.79 bits per heavy atom. The highest BCUT2D eigenvalue weighted by Crippen LogP contribution is 2.26. The number of rotatable bonds is 6. The molecule has 2 rings (SSSR count). The molecule has 0 radical (unpaired) electrons. The molecule has 0 spiro atoms. The Morgan fingerprint density at radius 3 is 2.29 bits per heavy atom. The Balaban J connectivity index is 2.12. The molecule has 0 aromatic heterocycles. The quantitative estimate of drug-likeness (QED) is 0.593. The maximum absolute atomic E-state index is 11.5. The monoisotopic (exact) mass is 332 g/mol. The van der Waals surface area contributed by atoms with Gasteiger partial charge in [-0.05, 0) is 65.1 Å². The molecule has 1 N–H and O–H groups in total. The minimum atomic E-state index is -0.860. The zero-order valence-electron chi connectivity index (χ0n) is 15.4. The Bertz CT molecular complexity index is 520. The second-order valence-corrected chi connectivity index (χ2v) is 6.89. The first kappa shape index (κ1) is 18.8. The van der Waals surface area contributed by atoms with Crippen LogP contribution >= 0.6 is 0 Å². The summed E-state index contributed by atoms with van der Waals surface area (Å²) in [5.41, 5.74) is 2.73. The smallest absolute Gasteiger partial charge is 0.335 e. The van der Waals surface area contributed by atoms with Gasteiger partial charge in [0.1, 0.15) is 0 Å². The molecular formula is C20H32N2O2. The molecule has 0 aliphatic carbocycles. The van der Waals surface area contributed by atoms with Crippen molar-refractivity contribution in [3.63, 3.8) is 0 Å². The van der Waals surface area contributed by atoms with E-state index in [1.54, 1.807) is 12.2 Å². The van der Waals surface area contributed by atoms with Crippen LogP contribution in [0.5, 0.6) is 0 Å². The van der Waals surface area contributed by atoms with Gasteiger partial charge in [-0.15, -0.1) is 0 Å². The fourth-order valence-electron chi connectivity index (χ4n) is 3.75. The Morgan fingerprint density at radius 1 is 1.17 bits per heavy atom. The number of likely N-dealkylation sites (tertiary alicyclic amines) is 2. The van der Waals surface area contributed by atoms with E-state index in [4.69, 9.17) is 0 Å². The van der Waals surface area contributed by atoms with Gasteiger partial charge in [-0.1, -0.05) is 24.6 Å². The predicted octanol–water partition coefficient (Wildman–Crippen LogP) is 3.82. The number of aliphatic carboxylic acids is 1. The molecule has 134 valence electrons. The van der Waals surface area contributed by atoms with Gasteiger partial charge >= 0.3 is 5.97 Å². The molecule has 2 aliphatic heterocycles. The number of hydrogen-bond acceptors (Lipinski definition) is 3. The highest BCUT2D eigenvalue weighted by Gasteiger charge is 2.27. The lowest BCUT2D eigenvalue weighted by Gasteiger charge is -2.39. The molecule has 0 bridgehead atoms. The number of hydrogen-bond donors (Lipinski definition) is 1. The van der Waals surface area contributed by atoms with Gasteiger partial charge in [-0.2, -0.15) is 0 Å². The summed E-state index contributed by atoms with van der Waals surface area (Å²) < 4.78 is 0. The van der Waals surface area contributed by atoms with E-state index in [0.29, 0.717) is 11.6 Å². The van der Waals surface area contributed by atoms with Crippen LogP contribution in [0.2, 0.25) is 0 Å². The van der Waals surface area contributed by atoms with Gasteiger partial charge in [-0.3, -0.25) is 0 Å². The zero-order chi connectivity index (χ0) is 17.5. The third kappa shape index (κ3) is 4.73. The lowest BCUT2D eigenvalue weighted by atomic mass is 10.0. The van der Waals surface area contributed by atoms with Gasteiger partial charge in [0.15, 0.2) is 0 Å². The van der Waals surface area contributed by atoms with Crippen LogP contribution in [-0.2, 0) is 4.79 Å². The van der Waals surface area contributed by atoms with E-state index in [1.807, 2.05) is 13.0 Å². The molecule has 4 heteroatoms. The summed E-state index contributed by atoms with van der Waals surface area (Å²) >= 11 is 0. The number of carboxylic acid groups (broad SMARTS) is 1. The van der Waals surface area contributed by atoms with Crippen LogP contribution in [0, 0.1) is 0 Å². The third-order valence-electron chi connectivity index (χ3n) is 5.32. The normalized spacial score (nSPS) is 22.3. The van der Waals surface area contributed by atoms with Crippen molar-refractivity contribution in [3.8, 4) is 0 Å². The van der Waals surface area contributed by atoms with Crippen molar-refractivity contribution in [3.05, 3.63) is 35.1 Å². The summed E-state index contributed by atoms with van der Waals surface area (Å²) in [5, 5.41) is 9.42. The number of carboxylic acids is 1. The van der Waals surface area contributed by atoms with Crippen molar-refractivity contribution in [1.82, 2.24) is 9.80 Å². The summed E-state index contributed by atoms with van der Waals surface area (Å²) in [4.78, 5) is 16.5. The molecule has 2 heterocycles. The molecule has 0 amide bonds. The molecule has 24 heavy (non-hydrogen) atoms. The van der Waals surface area contributed by atoms with E-state index in [0.717, 1.165) is 25.2 Å². The van der Waals surface area contributed by atoms with Gasteiger partial charge in [0, 0.05) is 24.8 Å². The van der Waals surface area contributed by atoms with Crippen molar-refractivity contribution < 1.29 is 9.90 Å². The lowest BCUT2D eigenvalue weighted by molar-refractivity contribution is -0.132. The molecule has 0 aromatic carbocycles. The number of nitrogens with zero attached hydrogens (tertiary/aromatic N) is 2. The summed E-state index contributed by atoms with van der Waals surface area (Å²) in [6.07, 6.45) is 11.3. The molecule has 0 atom stereocenters. The van der Waals surface area contributed by atoms with Crippen molar-refractivity contribution in [2.45, 2.75) is 58.9 Å². The molecule has 0 aromatic rings. The SMILES string of the molecule is C\C=C/C(=C\C(=C(/C)CC)N1CCC(N2CCCC2)CC1)C(=O)O. The van der Waals surface area contributed by atoms with Gasteiger partial charge in [0.2, 0.25) is 0 Å².